The molecule has 0 rings (SSSR count). The molecule has 0 amide bonds. The summed E-state index contributed by atoms with van der Waals surface area (Å²) in [5.41, 5.74) is -1.08. The lowest BCUT2D eigenvalue weighted by molar-refractivity contribution is -0.156. The van der Waals surface area contributed by atoms with Crippen LogP contribution in [0, 0.1) is 5.41 Å². The van der Waals surface area contributed by atoms with E-state index in [1.165, 1.54) is 0 Å². The Kier molecular flexibility index (Phi) is 3.73. The van der Waals surface area contributed by atoms with Crippen molar-refractivity contribution in [2.24, 2.45) is 5.41 Å². The number of carboxylic acids is 2. The van der Waals surface area contributed by atoms with E-state index in [9.17, 15) is 9.59 Å². The minimum atomic E-state index is -1.08. The van der Waals surface area contributed by atoms with Crippen LogP contribution in [0.4, 0.5) is 0 Å². The Morgan fingerprint density at radius 1 is 1.17 bits per heavy atom. The molecule has 0 bridgehead atoms. The smallest absolute Gasteiger partial charge is 0.310 e. The minimum absolute atomic E-state index is 0.296. The highest BCUT2D eigenvalue weighted by atomic mass is 16.4. The fraction of sp³-hybridized carbons (Fsp3) is 0.750. The topological polar surface area (TPSA) is 74.6 Å². The second-order valence-corrected chi connectivity index (χ2v) is 2.86. The quantitative estimate of drug-likeness (QED) is 0.659. The maximum absolute atomic E-state index is 10.8. The van der Waals surface area contributed by atoms with E-state index in [0.717, 1.165) is 0 Å². The van der Waals surface area contributed by atoms with Crippen LogP contribution in [0.5, 0.6) is 0 Å². The standard InChI is InChI=1S/C8H14O4/c1-3-8(4-2,7(11)12)5-6(9)10/h3-5H2,1-2H3,(H,9,10)(H,11,12). The van der Waals surface area contributed by atoms with Gasteiger partial charge in [-0.25, -0.2) is 0 Å². The molecule has 0 aliphatic carbocycles. The van der Waals surface area contributed by atoms with E-state index in [1.807, 2.05) is 0 Å². The zero-order chi connectivity index (χ0) is 9.78. The van der Waals surface area contributed by atoms with Crippen molar-refractivity contribution in [2.75, 3.05) is 0 Å². The van der Waals surface area contributed by atoms with Crippen molar-refractivity contribution < 1.29 is 19.8 Å². The van der Waals surface area contributed by atoms with E-state index in [1.54, 1.807) is 13.8 Å². The number of aliphatic carboxylic acids is 2. The van der Waals surface area contributed by atoms with Crippen LogP contribution in [0.25, 0.3) is 0 Å². The molecule has 0 radical (unpaired) electrons. The average Bonchev–Trinajstić information content (AvgIpc) is 1.99. The zero-order valence-corrected chi connectivity index (χ0v) is 7.33. The summed E-state index contributed by atoms with van der Waals surface area (Å²) in [5.74, 6) is -2.07. The molecule has 0 aliphatic rings. The monoisotopic (exact) mass is 174 g/mol. The van der Waals surface area contributed by atoms with E-state index in [2.05, 4.69) is 0 Å². The van der Waals surface area contributed by atoms with E-state index in [4.69, 9.17) is 10.2 Å². The van der Waals surface area contributed by atoms with Crippen molar-refractivity contribution in [2.45, 2.75) is 33.1 Å². The highest BCUT2D eigenvalue weighted by Crippen LogP contribution is 2.30. The lowest BCUT2D eigenvalue weighted by atomic mass is 9.79. The minimum Gasteiger partial charge on any atom is -0.481 e. The van der Waals surface area contributed by atoms with Crippen molar-refractivity contribution in [3.05, 3.63) is 0 Å². The maximum Gasteiger partial charge on any atom is 0.310 e. The number of hydrogen-bond acceptors (Lipinski definition) is 2. The molecule has 0 heterocycles. The van der Waals surface area contributed by atoms with Gasteiger partial charge >= 0.3 is 11.9 Å². The molecule has 0 aromatic carbocycles. The van der Waals surface area contributed by atoms with Crippen LogP contribution in [0.2, 0.25) is 0 Å². The molecule has 0 aromatic heterocycles. The third-order valence-electron chi connectivity index (χ3n) is 2.30. The van der Waals surface area contributed by atoms with Gasteiger partial charge in [0.2, 0.25) is 0 Å². The Morgan fingerprint density at radius 2 is 1.58 bits per heavy atom. The molecule has 0 unspecified atom stereocenters. The largest absolute Gasteiger partial charge is 0.481 e. The molecule has 0 aliphatic heterocycles. The van der Waals surface area contributed by atoms with Gasteiger partial charge in [-0.15, -0.1) is 0 Å². The predicted octanol–water partition coefficient (Wildman–Crippen LogP) is 1.35. The first kappa shape index (κ1) is 10.9. The molecular formula is C8H14O4. The second-order valence-electron chi connectivity index (χ2n) is 2.86. The van der Waals surface area contributed by atoms with Crippen molar-refractivity contribution in [1.82, 2.24) is 0 Å². The van der Waals surface area contributed by atoms with E-state index in [0.29, 0.717) is 12.8 Å². The Bertz CT molecular complexity index is 181. The molecule has 70 valence electrons. The van der Waals surface area contributed by atoms with Crippen molar-refractivity contribution in [1.29, 1.82) is 0 Å². The molecule has 12 heavy (non-hydrogen) atoms. The van der Waals surface area contributed by atoms with Crippen LogP contribution in [0.1, 0.15) is 33.1 Å². The van der Waals surface area contributed by atoms with Gasteiger partial charge in [0, 0.05) is 0 Å². The van der Waals surface area contributed by atoms with Gasteiger partial charge < -0.3 is 10.2 Å². The van der Waals surface area contributed by atoms with Crippen molar-refractivity contribution in [3.63, 3.8) is 0 Å². The van der Waals surface area contributed by atoms with Crippen LogP contribution in [0.15, 0.2) is 0 Å². The van der Waals surface area contributed by atoms with Gasteiger partial charge in [0.1, 0.15) is 0 Å². The highest BCUT2D eigenvalue weighted by Gasteiger charge is 2.36. The van der Waals surface area contributed by atoms with Gasteiger partial charge in [-0.05, 0) is 12.8 Å². The van der Waals surface area contributed by atoms with Crippen molar-refractivity contribution in [3.8, 4) is 0 Å². The van der Waals surface area contributed by atoms with Gasteiger partial charge in [0.15, 0.2) is 0 Å². The molecular weight excluding hydrogens is 160 g/mol. The fourth-order valence-corrected chi connectivity index (χ4v) is 1.17. The normalized spacial score (nSPS) is 11.2. The first-order chi connectivity index (χ1) is 5.48. The summed E-state index contributed by atoms with van der Waals surface area (Å²) < 4.78 is 0. The summed E-state index contributed by atoms with van der Waals surface area (Å²) in [5, 5.41) is 17.3. The van der Waals surface area contributed by atoms with Crippen LogP contribution >= 0.6 is 0 Å². The number of carboxylic acid groups (broad SMARTS) is 2. The summed E-state index contributed by atoms with van der Waals surface area (Å²) in [6, 6.07) is 0. The maximum atomic E-state index is 10.8. The second kappa shape index (κ2) is 4.09. The predicted molar refractivity (Wildman–Crippen MR) is 42.9 cm³/mol. The molecule has 4 heteroatoms. The number of carbonyl (C=O) groups is 2. The van der Waals surface area contributed by atoms with Gasteiger partial charge in [0.25, 0.3) is 0 Å². The fourth-order valence-electron chi connectivity index (χ4n) is 1.17. The molecule has 0 aromatic rings. The summed E-state index contributed by atoms with van der Waals surface area (Å²) in [6.45, 7) is 3.39. The van der Waals surface area contributed by atoms with Gasteiger partial charge in [-0.3, -0.25) is 9.59 Å². The lowest BCUT2D eigenvalue weighted by Gasteiger charge is -2.24. The van der Waals surface area contributed by atoms with Crippen LogP contribution in [-0.4, -0.2) is 22.2 Å². The molecule has 0 saturated heterocycles. The molecule has 0 saturated carbocycles. The molecule has 0 fully saturated rings. The Hall–Kier alpha value is -1.06. The first-order valence-corrected chi connectivity index (χ1v) is 3.93. The summed E-state index contributed by atoms with van der Waals surface area (Å²) in [7, 11) is 0. The van der Waals surface area contributed by atoms with E-state index < -0.39 is 17.4 Å². The highest BCUT2D eigenvalue weighted by molar-refractivity contribution is 5.81. The summed E-state index contributed by atoms with van der Waals surface area (Å²) in [6.07, 6.45) is 0.408. The SMILES string of the molecule is CCC(CC)(CC(=O)O)C(=O)O. The van der Waals surface area contributed by atoms with Crippen LogP contribution in [-0.2, 0) is 9.59 Å². The third kappa shape index (κ3) is 2.22. The molecule has 0 spiro atoms. The lowest BCUT2D eigenvalue weighted by Crippen LogP contribution is -2.32. The third-order valence-corrected chi connectivity index (χ3v) is 2.30. The molecule has 4 nitrogen and oxygen atoms in total. The zero-order valence-electron chi connectivity index (χ0n) is 7.33. The summed E-state index contributed by atoms with van der Waals surface area (Å²) in [4.78, 5) is 21.1. The molecule has 2 N–H and O–H groups in total. The Balaban J connectivity index is 4.58. The van der Waals surface area contributed by atoms with Gasteiger partial charge in [-0.1, -0.05) is 13.8 Å². The Morgan fingerprint density at radius 3 is 1.67 bits per heavy atom. The van der Waals surface area contributed by atoms with Gasteiger partial charge in [-0.2, -0.15) is 0 Å². The summed E-state index contributed by atoms with van der Waals surface area (Å²) >= 11 is 0. The van der Waals surface area contributed by atoms with Crippen LogP contribution in [0.3, 0.4) is 0 Å². The van der Waals surface area contributed by atoms with Crippen LogP contribution < -0.4 is 0 Å². The average molecular weight is 174 g/mol. The van der Waals surface area contributed by atoms with Gasteiger partial charge in [0.05, 0.1) is 11.8 Å². The van der Waals surface area contributed by atoms with E-state index >= 15 is 0 Å². The van der Waals surface area contributed by atoms with E-state index in [-0.39, 0.29) is 6.42 Å². The van der Waals surface area contributed by atoms with Crippen molar-refractivity contribution >= 4 is 11.9 Å². The number of hydrogen-bond donors (Lipinski definition) is 2. The first-order valence-electron chi connectivity index (χ1n) is 3.93. The molecule has 0 atom stereocenters. The Labute approximate surface area is 71.2 Å². The number of rotatable bonds is 5.